The number of alkyl halides is 2. The van der Waals surface area contributed by atoms with E-state index in [1.54, 1.807) is 20.4 Å². The maximum Gasteiger partial charge on any atom is 0.272 e. The van der Waals surface area contributed by atoms with Crippen LogP contribution in [0.3, 0.4) is 0 Å². The molecule has 0 unspecified atom stereocenters. The summed E-state index contributed by atoms with van der Waals surface area (Å²) in [5.74, 6) is -0.428. The van der Waals surface area contributed by atoms with E-state index >= 15 is 0 Å². The van der Waals surface area contributed by atoms with Gasteiger partial charge in [0.1, 0.15) is 23.0 Å². The monoisotopic (exact) mass is 614 g/mol. The Morgan fingerprint density at radius 3 is 2.49 bits per heavy atom. The molecule has 1 aliphatic carbocycles. The van der Waals surface area contributed by atoms with Crippen LogP contribution >= 0.6 is 0 Å². The summed E-state index contributed by atoms with van der Waals surface area (Å²) in [7, 11) is 5.04. The van der Waals surface area contributed by atoms with Gasteiger partial charge in [-0.15, -0.1) is 0 Å². The van der Waals surface area contributed by atoms with Crippen molar-refractivity contribution in [3.05, 3.63) is 72.1 Å². The number of carbonyl (C=O) groups is 1. The fourth-order valence-corrected chi connectivity index (χ4v) is 7.07. The van der Waals surface area contributed by atoms with E-state index in [0.29, 0.717) is 22.9 Å². The van der Waals surface area contributed by atoms with Crippen LogP contribution in [0.25, 0.3) is 27.7 Å². The van der Waals surface area contributed by atoms with Crippen LogP contribution in [0.2, 0.25) is 0 Å². The highest BCUT2D eigenvalue weighted by Crippen LogP contribution is 2.41. The fraction of sp³-hybridized carbons (Fsp3) is 0.382. The van der Waals surface area contributed by atoms with Crippen LogP contribution < -0.4 is 14.8 Å². The number of amides is 1. The normalized spacial score (nSPS) is 19.9. The molecule has 1 saturated heterocycles. The second-order valence-corrected chi connectivity index (χ2v) is 12.2. The molecule has 234 valence electrons. The molecule has 11 heteroatoms. The Morgan fingerprint density at radius 1 is 1.02 bits per heavy atom. The summed E-state index contributed by atoms with van der Waals surface area (Å²) in [4.78, 5) is 25.1. The van der Waals surface area contributed by atoms with Crippen molar-refractivity contribution < 1.29 is 23.0 Å². The molecule has 9 nitrogen and oxygen atoms in total. The number of methoxy groups -OCH3 is 2. The second kappa shape index (κ2) is 11.1. The predicted octanol–water partition coefficient (Wildman–Crippen LogP) is 6.44. The van der Waals surface area contributed by atoms with Crippen molar-refractivity contribution in [3.8, 4) is 22.8 Å². The standard InChI is InChI=1S/C34H36F2N6O3/c1-20-31-30(39-32(42(31)15-14-37-20)21-8-11-23(12-9-21)41-18-34(35,36)19-41)22-10-13-25(29(16-22)45-4)38-33(43)27-17-24-26(40(27)2)6-5-7-28(24)44-3/h5-7,10,13-17,21,23H,8-9,11-12,18-19H2,1-4H3,(H,38,43)/t21-,23-. The van der Waals surface area contributed by atoms with E-state index in [2.05, 4.69) is 14.7 Å². The van der Waals surface area contributed by atoms with E-state index in [1.807, 2.05) is 72.1 Å². The molecule has 1 amide bonds. The number of hydrogen-bond donors (Lipinski definition) is 1. The average Bonchev–Trinajstić information content (AvgIpc) is 3.59. The molecule has 4 heterocycles. The number of likely N-dealkylation sites (tertiary alicyclic amines) is 1. The third kappa shape index (κ3) is 5.08. The van der Waals surface area contributed by atoms with Gasteiger partial charge >= 0.3 is 0 Å². The summed E-state index contributed by atoms with van der Waals surface area (Å²) in [6.45, 7) is 1.72. The lowest BCUT2D eigenvalue weighted by Crippen LogP contribution is -2.60. The number of anilines is 1. The highest BCUT2D eigenvalue weighted by atomic mass is 19.3. The number of aromatic nitrogens is 4. The van der Waals surface area contributed by atoms with Gasteiger partial charge in [0.2, 0.25) is 0 Å². The predicted molar refractivity (Wildman–Crippen MR) is 169 cm³/mol. The zero-order valence-electron chi connectivity index (χ0n) is 25.8. The maximum atomic E-state index is 13.5. The van der Waals surface area contributed by atoms with E-state index in [-0.39, 0.29) is 31.0 Å². The van der Waals surface area contributed by atoms with Gasteiger partial charge in [-0.3, -0.25) is 19.1 Å². The number of imidazole rings is 1. The molecule has 2 fully saturated rings. The fourth-order valence-electron chi connectivity index (χ4n) is 7.07. The molecule has 7 rings (SSSR count). The van der Waals surface area contributed by atoms with Crippen LogP contribution in [0.15, 0.2) is 54.9 Å². The van der Waals surface area contributed by atoms with Gasteiger partial charge in [-0.05, 0) is 62.9 Å². The lowest BCUT2D eigenvalue weighted by Gasteiger charge is -2.46. The van der Waals surface area contributed by atoms with Crippen molar-refractivity contribution in [3.63, 3.8) is 0 Å². The van der Waals surface area contributed by atoms with Gasteiger partial charge in [0.15, 0.2) is 0 Å². The molecular formula is C34H36F2N6O3. The number of nitrogens with one attached hydrogen (secondary N) is 1. The smallest absolute Gasteiger partial charge is 0.272 e. The third-order valence-electron chi connectivity index (χ3n) is 9.43. The highest BCUT2D eigenvalue weighted by molar-refractivity contribution is 6.08. The molecule has 3 aromatic heterocycles. The second-order valence-electron chi connectivity index (χ2n) is 12.2. The van der Waals surface area contributed by atoms with Gasteiger partial charge in [-0.1, -0.05) is 12.1 Å². The number of carbonyl (C=O) groups excluding carboxylic acids is 1. The molecule has 2 aliphatic rings. The van der Waals surface area contributed by atoms with Crippen LogP contribution in [-0.4, -0.2) is 69.0 Å². The van der Waals surface area contributed by atoms with Crippen LogP contribution in [0.5, 0.6) is 11.5 Å². The molecule has 45 heavy (non-hydrogen) atoms. The molecule has 0 bridgehead atoms. The Kier molecular flexibility index (Phi) is 7.23. The van der Waals surface area contributed by atoms with Crippen molar-refractivity contribution in [2.75, 3.05) is 32.6 Å². The molecular weight excluding hydrogens is 578 g/mol. The van der Waals surface area contributed by atoms with Crippen molar-refractivity contribution >= 4 is 28.0 Å². The largest absolute Gasteiger partial charge is 0.496 e. The molecule has 0 radical (unpaired) electrons. The van der Waals surface area contributed by atoms with Crippen molar-refractivity contribution in [2.24, 2.45) is 7.05 Å². The van der Waals surface area contributed by atoms with E-state index in [4.69, 9.17) is 14.5 Å². The van der Waals surface area contributed by atoms with Crippen LogP contribution in [-0.2, 0) is 7.05 Å². The first-order chi connectivity index (χ1) is 21.7. The first-order valence-electron chi connectivity index (χ1n) is 15.2. The Morgan fingerprint density at radius 2 is 1.78 bits per heavy atom. The van der Waals surface area contributed by atoms with Gasteiger partial charge in [0.25, 0.3) is 11.8 Å². The van der Waals surface area contributed by atoms with Gasteiger partial charge in [0.05, 0.1) is 55.4 Å². The number of halogens is 2. The summed E-state index contributed by atoms with van der Waals surface area (Å²) in [6.07, 6.45) is 7.26. The maximum absolute atomic E-state index is 13.5. The lowest BCUT2D eigenvalue weighted by molar-refractivity contribution is -0.150. The number of fused-ring (bicyclic) bond motifs is 2. The van der Waals surface area contributed by atoms with E-state index in [0.717, 1.165) is 64.9 Å². The number of rotatable bonds is 7. The summed E-state index contributed by atoms with van der Waals surface area (Å²) in [5, 5.41) is 3.87. The van der Waals surface area contributed by atoms with Crippen LogP contribution in [0.1, 0.15) is 53.6 Å². The van der Waals surface area contributed by atoms with Gasteiger partial charge in [-0.2, -0.15) is 0 Å². The minimum absolute atomic E-state index is 0.126. The van der Waals surface area contributed by atoms with Crippen molar-refractivity contribution in [1.29, 1.82) is 0 Å². The summed E-state index contributed by atoms with van der Waals surface area (Å²) >= 11 is 0. The molecule has 1 aliphatic heterocycles. The number of hydrogen-bond acceptors (Lipinski definition) is 6. The number of ether oxygens (including phenoxy) is 2. The number of nitrogens with zero attached hydrogens (tertiary/aromatic N) is 5. The first kappa shape index (κ1) is 29.2. The topological polar surface area (TPSA) is 85.9 Å². The first-order valence-corrected chi connectivity index (χ1v) is 15.2. The van der Waals surface area contributed by atoms with Gasteiger partial charge in [0, 0.05) is 42.4 Å². The molecule has 1 N–H and O–H groups in total. The zero-order chi connectivity index (χ0) is 31.5. The Bertz CT molecular complexity index is 1920. The van der Waals surface area contributed by atoms with Crippen molar-refractivity contribution in [1.82, 2.24) is 23.8 Å². The van der Waals surface area contributed by atoms with E-state index in [1.165, 1.54) is 0 Å². The Balaban J connectivity index is 1.16. The number of benzene rings is 2. The van der Waals surface area contributed by atoms with Crippen molar-refractivity contribution in [2.45, 2.75) is 50.5 Å². The molecule has 0 atom stereocenters. The molecule has 0 spiro atoms. The highest BCUT2D eigenvalue weighted by Gasteiger charge is 2.47. The van der Waals surface area contributed by atoms with Crippen LogP contribution in [0, 0.1) is 6.92 Å². The Hall–Kier alpha value is -4.51. The summed E-state index contributed by atoms with van der Waals surface area (Å²) in [5.41, 5.74) is 5.32. The SMILES string of the molecule is COc1cc(-c2nc([C@H]3CC[C@H](N4CC(F)(F)C4)CC3)n3ccnc(C)c23)ccc1NC(=O)c1cc2c(OC)cccc2n1C. The molecule has 1 saturated carbocycles. The average molecular weight is 615 g/mol. The summed E-state index contributed by atoms with van der Waals surface area (Å²) < 4.78 is 42.1. The summed E-state index contributed by atoms with van der Waals surface area (Å²) in [6, 6.07) is 13.4. The minimum atomic E-state index is -2.54. The zero-order valence-corrected chi connectivity index (χ0v) is 25.8. The number of aryl methyl sites for hydroxylation is 2. The van der Waals surface area contributed by atoms with Crippen LogP contribution in [0.4, 0.5) is 14.5 Å². The quantitative estimate of drug-likeness (QED) is 0.227. The Labute approximate surface area is 259 Å². The minimum Gasteiger partial charge on any atom is -0.496 e. The van der Waals surface area contributed by atoms with Gasteiger partial charge < -0.3 is 19.4 Å². The molecule has 5 aromatic rings. The third-order valence-corrected chi connectivity index (χ3v) is 9.43. The van der Waals surface area contributed by atoms with Gasteiger partial charge in [-0.25, -0.2) is 13.8 Å². The lowest BCUT2D eigenvalue weighted by atomic mass is 9.83. The molecule has 2 aromatic carbocycles. The van der Waals surface area contributed by atoms with E-state index in [9.17, 15) is 13.6 Å². The van der Waals surface area contributed by atoms with E-state index < -0.39 is 5.92 Å².